The van der Waals surface area contributed by atoms with Crippen molar-refractivity contribution >= 4 is 27.5 Å². The van der Waals surface area contributed by atoms with Gasteiger partial charge in [-0.3, -0.25) is 4.79 Å². The molecule has 0 bridgehead atoms. The lowest BCUT2D eigenvalue weighted by molar-refractivity contribution is -0.126. The first-order valence-electron chi connectivity index (χ1n) is 9.06. The van der Waals surface area contributed by atoms with Crippen LogP contribution in [0.2, 0.25) is 5.02 Å². The van der Waals surface area contributed by atoms with Crippen LogP contribution in [0.15, 0.2) is 53.4 Å². The fourth-order valence-electron chi connectivity index (χ4n) is 3.21. The number of carbonyl (C=O) groups excluding carboxylic acids is 1. The molecule has 6 nitrogen and oxygen atoms in total. The van der Waals surface area contributed by atoms with Crippen LogP contribution in [0.5, 0.6) is 5.75 Å². The van der Waals surface area contributed by atoms with Crippen molar-refractivity contribution in [2.45, 2.75) is 24.3 Å². The fourth-order valence-corrected chi connectivity index (χ4v) is 4.86. The van der Waals surface area contributed by atoms with Crippen LogP contribution >= 0.6 is 11.6 Å². The summed E-state index contributed by atoms with van der Waals surface area (Å²) in [4.78, 5) is 12.8. The van der Waals surface area contributed by atoms with Crippen LogP contribution in [0.4, 0.5) is 0 Å². The van der Waals surface area contributed by atoms with Gasteiger partial charge in [0.1, 0.15) is 5.75 Å². The molecule has 1 atom stereocenters. The lowest BCUT2D eigenvalue weighted by Crippen LogP contribution is -2.45. The van der Waals surface area contributed by atoms with Crippen molar-refractivity contribution in [3.05, 3.63) is 59.1 Å². The van der Waals surface area contributed by atoms with E-state index in [-0.39, 0.29) is 23.3 Å². The molecule has 0 radical (unpaired) electrons. The molecule has 1 aliphatic heterocycles. The van der Waals surface area contributed by atoms with Gasteiger partial charge in [-0.25, -0.2) is 8.42 Å². The van der Waals surface area contributed by atoms with Gasteiger partial charge in [-0.2, -0.15) is 4.31 Å². The van der Waals surface area contributed by atoms with Gasteiger partial charge in [0.15, 0.2) is 0 Å². The normalized spacial score (nSPS) is 17.9. The van der Waals surface area contributed by atoms with Gasteiger partial charge in [0, 0.05) is 24.7 Å². The van der Waals surface area contributed by atoms with Gasteiger partial charge in [0.2, 0.25) is 15.9 Å². The quantitative estimate of drug-likeness (QED) is 0.776. The lowest BCUT2D eigenvalue weighted by Gasteiger charge is -2.31. The number of ether oxygens (including phenoxy) is 1. The van der Waals surface area contributed by atoms with E-state index >= 15 is 0 Å². The van der Waals surface area contributed by atoms with E-state index in [4.69, 9.17) is 16.3 Å². The molecular weight excluding hydrogens is 400 g/mol. The summed E-state index contributed by atoms with van der Waals surface area (Å²) in [6.07, 6.45) is 1.31. The Labute approximate surface area is 170 Å². The van der Waals surface area contributed by atoms with Crippen molar-refractivity contribution < 1.29 is 17.9 Å². The molecule has 1 heterocycles. The predicted octanol–water partition coefficient (Wildman–Crippen LogP) is 3.07. The molecule has 2 aromatic carbocycles. The minimum Gasteiger partial charge on any atom is -0.497 e. The highest BCUT2D eigenvalue weighted by Crippen LogP contribution is 2.25. The summed E-state index contributed by atoms with van der Waals surface area (Å²) >= 11 is 5.87. The van der Waals surface area contributed by atoms with Crippen LogP contribution in [0.1, 0.15) is 18.4 Å². The van der Waals surface area contributed by atoms with Crippen LogP contribution in [0.25, 0.3) is 0 Å². The molecule has 1 N–H and O–H groups in total. The van der Waals surface area contributed by atoms with Gasteiger partial charge in [0.05, 0.1) is 17.9 Å². The van der Waals surface area contributed by atoms with Gasteiger partial charge < -0.3 is 10.1 Å². The largest absolute Gasteiger partial charge is 0.497 e. The van der Waals surface area contributed by atoms with Crippen LogP contribution in [-0.2, 0) is 21.4 Å². The average Bonchev–Trinajstić information content (AvgIpc) is 2.73. The van der Waals surface area contributed by atoms with E-state index in [1.807, 2.05) is 12.1 Å². The van der Waals surface area contributed by atoms with Crippen molar-refractivity contribution in [1.82, 2.24) is 9.62 Å². The average molecular weight is 423 g/mol. The third kappa shape index (κ3) is 4.84. The Kier molecular flexibility index (Phi) is 6.59. The molecule has 0 saturated carbocycles. The second-order valence-corrected chi connectivity index (χ2v) is 9.10. The lowest BCUT2D eigenvalue weighted by atomic mass is 9.99. The van der Waals surface area contributed by atoms with Crippen molar-refractivity contribution in [3.63, 3.8) is 0 Å². The Morgan fingerprint density at radius 3 is 2.50 bits per heavy atom. The summed E-state index contributed by atoms with van der Waals surface area (Å²) in [5.74, 6) is 0.0932. The number of hydrogen-bond donors (Lipinski definition) is 1. The number of sulfonamides is 1. The van der Waals surface area contributed by atoms with Crippen molar-refractivity contribution in [1.29, 1.82) is 0 Å². The first kappa shape index (κ1) is 20.6. The number of hydrogen-bond acceptors (Lipinski definition) is 4. The van der Waals surface area contributed by atoms with E-state index in [1.54, 1.807) is 24.3 Å². The van der Waals surface area contributed by atoms with Crippen LogP contribution in [0, 0.1) is 5.92 Å². The van der Waals surface area contributed by atoms with Gasteiger partial charge in [-0.1, -0.05) is 23.7 Å². The maximum atomic E-state index is 12.9. The highest BCUT2D eigenvalue weighted by atomic mass is 35.5. The Hall–Kier alpha value is -2.09. The summed E-state index contributed by atoms with van der Waals surface area (Å²) < 4.78 is 32.3. The monoisotopic (exact) mass is 422 g/mol. The van der Waals surface area contributed by atoms with Crippen molar-refractivity contribution in [3.8, 4) is 5.75 Å². The molecular formula is C20H23ClN2O4S. The van der Waals surface area contributed by atoms with Gasteiger partial charge >= 0.3 is 0 Å². The Balaban J connectivity index is 1.63. The number of nitrogens with zero attached hydrogens (tertiary/aromatic N) is 1. The Morgan fingerprint density at radius 2 is 1.86 bits per heavy atom. The number of halogens is 1. The number of piperidine rings is 1. The van der Waals surface area contributed by atoms with Crippen LogP contribution in [-0.4, -0.2) is 38.8 Å². The Morgan fingerprint density at radius 1 is 1.18 bits per heavy atom. The summed E-state index contributed by atoms with van der Waals surface area (Å²) in [5, 5.41) is 3.54. The highest BCUT2D eigenvalue weighted by Gasteiger charge is 2.33. The molecule has 2 aromatic rings. The molecule has 1 aliphatic rings. The topological polar surface area (TPSA) is 75.7 Å². The molecule has 28 heavy (non-hydrogen) atoms. The van der Waals surface area contributed by atoms with E-state index in [0.29, 0.717) is 36.7 Å². The van der Waals surface area contributed by atoms with E-state index in [1.165, 1.54) is 23.5 Å². The molecule has 1 unspecified atom stereocenters. The van der Waals surface area contributed by atoms with Crippen LogP contribution < -0.4 is 10.1 Å². The zero-order valence-corrected chi connectivity index (χ0v) is 17.2. The molecule has 3 rings (SSSR count). The fraction of sp³-hybridized carbons (Fsp3) is 0.350. The third-order valence-corrected chi connectivity index (χ3v) is 6.96. The Bertz CT molecular complexity index is 914. The summed E-state index contributed by atoms with van der Waals surface area (Å²) in [5.41, 5.74) is 0.941. The molecule has 150 valence electrons. The number of rotatable bonds is 6. The number of carbonyl (C=O) groups is 1. The maximum Gasteiger partial charge on any atom is 0.243 e. The van der Waals surface area contributed by atoms with Crippen molar-refractivity contribution in [2.75, 3.05) is 20.2 Å². The smallest absolute Gasteiger partial charge is 0.243 e. The first-order chi connectivity index (χ1) is 13.4. The molecule has 8 heteroatoms. The summed E-state index contributed by atoms with van der Waals surface area (Å²) in [6.45, 7) is 0.980. The number of nitrogens with one attached hydrogen (secondary N) is 1. The van der Waals surface area contributed by atoms with Gasteiger partial charge in [0.25, 0.3) is 0 Å². The molecule has 1 saturated heterocycles. The zero-order chi connectivity index (χ0) is 20.1. The molecule has 0 aliphatic carbocycles. The standard InChI is InChI=1S/C20H23ClN2O4S/c1-27-18-8-10-19(11-9-18)28(25,26)23-12-2-3-16(14-23)20(24)22-13-15-4-6-17(21)7-5-15/h4-11,16H,2-3,12-14H2,1H3,(H,22,24). The second-order valence-electron chi connectivity index (χ2n) is 6.72. The number of amides is 1. The van der Waals surface area contributed by atoms with Crippen molar-refractivity contribution in [2.24, 2.45) is 5.92 Å². The minimum atomic E-state index is -3.64. The highest BCUT2D eigenvalue weighted by molar-refractivity contribution is 7.89. The summed E-state index contributed by atoms with van der Waals surface area (Å²) in [7, 11) is -2.11. The third-order valence-electron chi connectivity index (χ3n) is 4.83. The van der Waals surface area contributed by atoms with Crippen LogP contribution in [0.3, 0.4) is 0 Å². The minimum absolute atomic E-state index is 0.135. The molecule has 0 spiro atoms. The molecule has 1 amide bonds. The first-order valence-corrected chi connectivity index (χ1v) is 10.9. The maximum absolute atomic E-state index is 12.9. The van der Waals surface area contributed by atoms with E-state index in [0.717, 1.165) is 5.56 Å². The predicted molar refractivity (Wildman–Crippen MR) is 108 cm³/mol. The summed E-state index contributed by atoms with van der Waals surface area (Å²) in [6, 6.07) is 13.5. The zero-order valence-electron chi connectivity index (χ0n) is 15.6. The second kappa shape index (κ2) is 8.94. The van der Waals surface area contributed by atoms with E-state index in [2.05, 4.69) is 5.32 Å². The van der Waals surface area contributed by atoms with E-state index in [9.17, 15) is 13.2 Å². The number of methoxy groups -OCH3 is 1. The van der Waals surface area contributed by atoms with Gasteiger partial charge in [-0.15, -0.1) is 0 Å². The SMILES string of the molecule is COc1ccc(S(=O)(=O)N2CCCC(C(=O)NCc3ccc(Cl)cc3)C2)cc1. The van der Waals surface area contributed by atoms with Gasteiger partial charge in [-0.05, 0) is 54.8 Å². The van der Waals surface area contributed by atoms with E-state index < -0.39 is 10.0 Å². The molecule has 0 aromatic heterocycles. The molecule has 1 fully saturated rings. The number of benzene rings is 2.